The smallest absolute Gasteiger partial charge is 0.247 e. The van der Waals surface area contributed by atoms with Crippen LogP contribution in [0.4, 0.5) is 27.7 Å². The zero-order chi connectivity index (χ0) is 28.7. The third-order valence-corrected chi connectivity index (χ3v) is 5.76. The lowest BCUT2D eigenvalue weighted by molar-refractivity contribution is -0.117. The second kappa shape index (κ2) is 8.09. The summed E-state index contributed by atoms with van der Waals surface area (Å²) in [7, 11) is 0. The molecule has 6 rings (SSSR count). The summed E-state index contributed by atoms with van der Waals surface area (Å²) in [5.41, 5.74) is 2.12. The standard InChI is InChI=1S/C23H25FN8O/c24-19-9-8-14(12-25-19)26-22(33)18-5-2-10-32(18)23-27-16-4-1-3-15(16)21(29-23)28-20-11-17(30-31-20)13-6-7-13/h8-9,11-13,18H,1-7,10H2,(H,26,33)(H2,27,28,29,30,31)/t18-/m0/s1/i2D2,5D2,10D2,18D. The number of pyridine rings is 1. The minimum atomic E-state index is -3.40. The molecule has 9 nitrogen and oxygen atoms in total. The second-order valence-corrected chi connectivity index (χ2v) is 8.13. The summed E-state index contributed by atoms with van der Waals surface area (Å²) in [4.78, 5) is 26.2. The molecule has 0 bridgehead atoms. The number of hydrogen-bond acceptors (Lipinski definition) is 7. The SMILES string of the molecule is [2H]C1([2H])N(c2nc3c(c(Nc4cc(C5CC5)[nH]n4)n2)CCC3)[C@]([2H])(C(=O)Nc2ccc(F)nc2)C([2H])([2H])C1([2H])[2H]. The Kier molecular flexibility index (Phi) is 3.40. The molecule has 3 aromatic rings. The van der Waals surface area contributed by atoms with E-state index in [0.717, 1.165) is 42.4 Å². The third-order valence-electron chi connectivity index (χ3n) is 5.76. The molecule has 1 saturated heterocycles. The lowest BCUT2D eigenvalue weighted by Crippen LogP contribution is -2.40. The molecule has 1 saturated carbocycles. The Hall–Kier alpha value is -3.56. The van der Waals surface area contributed by atoms with Gasteiger partial charge in [0.2, 0.25) is 17.8 Å². The van der Waals surface area contributed by atoms with E-state index in [4.69, 9.17) is 9.60 Å². The van der Waals surface area contributed by atoms with E-state index in [9.17, 15) is 9.18 Å². The highest BCUT2D eigenvalue weighted by Crippen LogP contribution is 2.40. The number of halogens is 1. The predicted molar refractivity (Wildman–Crippen MR) is 121 cm³/mol. The lowest BCUT2D eigenvalue weighted by atomic mass is 10.2. The summed E-state index contributed by atoms with van der Waals surface area (Å²) < 4.78 is 73.5. The minimum Gasteiger partial charge on any atom is -0.329 e. The summed E-state index contributed by atoms with van der Waals surface area (Å²) in [6, 6.07) is 0.683. The van der Waals surface area contributed by atoms with E-state index in [2.05, 4.69) is 35.8 Å². The number of carbonyl (C=O) groups is 1. The van der Waals surface area contributed by atoms with Crippen LogP contribution in [0.1, 0.15) is 64.5 Å². The summed E-state index contributed by atoms with van der Waals surface area (Å²) in [6.07, 6.45) is -1.89. The van der Waals surface area contributed by atoms with Crippen LogP contribution < -0.4 is 15.5 Å². The molecule has 1 atom stereocenters. The highest BCUT2D eigenvalue weighted by Gasteiger charge is 2.34. The number of aryl methyl sites for hydroxylation is 1. The van der Waals surface area contributed by atoms with E-state index in [-0.39, 0.29) is 11.5 Å². The fraction of sp³-hybridized carbons (Fsp3) is 0.435. The molecule has 3 N–H and O–H groups in total. The van der Waals surface area contributed by atoms with Gasteiger partial charge >= 0.3 is 0 Å². The van der Waals surface area contributed by atoms with E-state index in [1.165, 1.54) is 0 Å². The predicted octanol–water partition coefficient (Wildman–Crippen LogP) is 3.45. The minimum absolute atomic E-state index is 0.0935. The van der Waals surface area contributed by atoms with Gasteiger partial charge in [-0.25, -0.2) is 9.97 Å². The molecule has 1 amide bonds. The van der Waals surface area contributed by atoms with Gasteiger partial charge in [-0.05, 0) is 57.0 Å². The quantitative estimate of drug-likeness (QED) is 0.488. The molecule has 2 aliphatic carbocycles. The number of nitrogens with zero attached hydrogens (tertiary/aromatic N) is 5. The van der Waals surface area contributed by atoms with Gasteiger partial charge in [-0.3, -0.25) is 9.89 Å². The number of carbonyl (C=O) groups excluding carboxylic acids is 1. The molecule has 1 aliphatic heterocycles. The summed E-state index contributed by atoms with van der Waals surface area (Å²) in [5, 5.41) is 12.6. The highest BCUT2D eigenvalue weighted by molar-refractivity contribution is 5.96. The van der Waals surface area contributed by atoms with E-state index in [1.807, 2.05) is 6.07 Å². The van der Waals surface area contributed by atoms with E-state index < -0.39 is 43.1 Å². The van der Waals surface area contributed by atoms with Gasteiger partial charge in [0.25, 0.3) is 0 Å². The van der Waals surface area contributed by atoms with Crippen molar-refractivity contribution in [3.63, 3.8) is 0 Å². The molecule has 170 valence electrons. The summed E-state index contributed by atoms with van der Waals surface area (Å²) in [5.74, 6) is -1.66. The zero-order valence-corrected chi connectivity index (χ0v) is 17.4. The number of fused-ring (bicyclic) bond motifs is 1. The van der Waals surface area contributed by atoms with Crippen LogP contribution in [0.3, 0.4) is 0 Å². The van der Waals surface area contributed by atoms with Crippen LogP contribution in [0.2, 0.25) is 0 Å². The Morgan fingerprint density at radius 1 is 1.30 bits per heavy atom. The Balaban J connectivity index is 1.45. The van der Waals surface area contributed by atoms with Gasteiger partial charge in [0.05, 0.1) is 18.9 Å². The number of aromatic nitrogens is 5. The van der Waals surface area contributed by atoms with Crippen LogP contribution in [-0.2, 0) is 17.6 Å². The van der Waals surface area contributed by atoms with Crippen LogP contribution >= 0.6 is 0 Å². The van der Waals surface area contributed by atoms with Crippen LogP contribution in [0, 0.1) is 5.95 Å². The normalized spacial score (nSPS) is 29.5. The number of aromatic amines is 1. The first-order valence-electron chi connectivity index (χ1n) is 14.2. The highest BCUT2D eigenvalue weighted by atomic mass is 19.1. The van der Waals surface area contributed by atoms with Crippen LogP contribution in [0.15, 0.2) is 24.4 Å². The van der Waals surface area contributed by atoms with Gasteiger partial charge in [0.1, 0.15) is 11.8 Å². The molecule has 33 heavy (non-hydrogen) atoms. The number of anilines is 4. The molecule has 3 aliphatic rings. The first kappa shape index (κ1) is 13.9. The largest absolute Gasteiger partial charge is 0.329 e. The van der Waals surface area contributed by atoms with Gasteiger partial charge < -0.3 is 15.5 Å². The maximum Gasteiger partial charge on any atom is 0.247 e. The molecule has 0 radical (unpaired) electrons. The number of H-pyrrole nitrogens is 1. The lowest BCUT2D eigenvalue weighted by Gasteiger charge is -2.25. The van der Waals surface area contributed by atoms with Crippen LogP contribution in [0.5, 0.6) is 0 Å². The molecular weight excluding hydrogens is 423 g/mol. The average Bonchev–Trinajstić information content (AvgIpc) is 3.42. The maximum atomic E-state index is 13.6. The average molecular weight is 456 g/mol. The van der Waals surface area contributed by atoms with Crippen molar-refractivity contribution < 1.29 is 18.8 Å². The molecule has 0 aromatic carbocycles. The van der Waals surface area contributed by atoms with Crippen molar-refractivity contribution in [2.24, 2.45) is 0 Å². The van der Waals surface area contributed by atoms with E-state index >= 15 is 0 Å². The van der Waals surface area contributed by atoms with Crippen molar-refractivity contribution in [2.75, 3.05) is 22.0 Å². The summed E-state index contributed by atoms with van der Waals surface area (Å²) >= 11 is 0. The van der Waals surface area contributed by atoms with E-state index in [1.54, 1.807) is 0 Å². The number of hydrogen-bond donors (Lipinski definition) is 3. The molecule has 0 spiro atoms. The second-order valence-electron chi connectivity index (χ2n) is 8.13. The monoisotopic (exact) mass is 455 g/mol. The van der Waals surface area contributed by atoms with Gasteiger partial charge in [0.15, 0.2) is 5.82 Å². The Labute approximate surface area is 200 Å². The van der Waals surface area contributed by atoms with Gasteiger partial charge in [-0.2, -0.15) is 14.5 Å². The molecule has 10 heteroatoms. The molecule has 4 heterocycles. The van der Waals surface area contributed by atoms with Crippen molar-refractivity contribution in [1.82, 2.24) is 25.1 Å². The maximum absolute atomic E-state index is 13.6. The first-order chi connectivity index (χ1) is 18.8. The Morgan fingerprint density at radius 2 is 2.21 bits per heavy atom. The molecular formula is C23H25FN8O. The van der Waals surface area contributed by atoms with Crippen molar-refractivity contribution in [1.29, 1.82) is 0 Å². The van der Waals surface area contributed by atoms with Crippen molar-refractivity contribution >= 4 is 29.2 Å². The summed E-state index contributed by atoms with van der Waals surface area (Å²) in [6.45, 7) is -3.24. The van der Waals surface area contributed by atoms with Gasteiger partial charge in [-0.15, -0.1) is 0 Å². The Morgan fingerprint density at radius 3 is 3.03 bits per heavy atom. The number of rotatable bonds is 6. The molecule has 3 aromatic heterocycles. The van der Waals surface area contributed by atoms with E-state index in [0.29, 0.717) is 41.6 Å². The number of nitrogens with one attached hydrogen (secondary N) is 3. The fourth-order valence-corrected chi connectivity index (χ4v) is 3.95. The first-order valence-corrected chi connectivity index (χ1v) is 10.7. The van der Waals surface area contributed by atoms with Crippen molar-refractivity contribution in [3.8, 4) is 0 Å². The molecule has 2 fully saturated rings. The Bertz CT molecular complexity index is 1500. The van der Waals surface area contributed by atoms with Crippen molar-refractivity contribution in [2.45, 2.75) is 56.8 Å². The molecule has 0 unspecified atom stereocenters. The van der Waals surface area contributed by atoms with Gasteiger partial charge in [-0.1, -0.05) is 0 Å². The third kappa shape index (κ3) is 4.01. The fourth-order valence-electron chi connectivity index (χ4n) is 3.95. The van der Waals surface area contributed by atoms with Crippen molar-refractivity contribution in [3.05, 3.63) is 47.3 Å². The van der Waals surface area contributed by atoms with Crippen LogP contribution in [0.25, 0.3) is 0 Å². The topological polar surface area (TPSA) is 112 Å². The van der Waals surface area contributed by atoms with Gasteiger partial charge in [0, 0.05) is 38.0 Å². The number of amides is 1. The zero-order valence-electron chi connectivity index (χ0n) is 24.4. The van der Waals surface area contributed by atoms with Crippen LogP contribution in [-0.4, -0.2) is 43.6 Å².